The number of hydrogen-bond donors (Lipinski definition) is 2. The molecule has 0 spiro atoms. The van der Waals surface area contributed by atoms with Crippen LogP contribution in [0.2, 0.25) is 0 Å². The van der Waals surface area contributed by atoms with Crippen LogP contribution in [0.25, 0.3) is 0 Å². The maximum absolute atomic E-state index is 12.8. The topological polar surface area (TPSA) is 75.2 Å². The average molecular weight is 417 g/mol. The second-order valence-corrected chi connectivity index (χ2v) is 7.95. The predicted molar refractivity (Wildman–Crippen MR) is 121 cm³/mol. The molecule has 0 aromatic heterocycles. The van der Waals surface area contributed by atoms with Gasteiger partial charge in [0.2, 0.25) is 5.91 Å². The lowest BCUT2D eigenvalue weighted by Crippen LogP contribution is -2.49. The minimum Gasteiger partial charge on any atom is -0.493 e. The maximum atomic E-state index is 12.8. The summed E-state index contributed by atoms with van der Waals surface area (Å²) in [5, 5.41) is 6.71. The van der Waals surface area contributed by atoms with E-state index in [1.165, 1.54) is 0 Å². The first-order chi connectivity index (χ1) is 14.4. The van der Waals surface area contributed by atoms with Crippen LogP contribution < -0.4 is 20.1 Å². The van der Waals surface area contributed by atoms with E-state index in [-0.39, 0.29) is 11.3 Å². The first kappa shape index (κ1) is 23.6. The maximum Gasteiger partial charge on any atom is 0.230 e. The zero-order chi connectivity index (χ0) is 22.1. The molecule has 1 aliphatic carbocycles. The molecule has 1 aromatic carbocycles. The average Bonchev–Trinajstić information content (AvgIpc) is 3.23. The third kappa shape index (κ3) is 5.46. The summed E-state index contributed by atoms with van der Waals surface area (Å²) < 4.78 is 11.0. The number of hydrogen-bond acceptors (Lipinski definition) is 4. The Morgan fingerprint density at radius 2 is 1.93 bits per heavy atom. The van der Waals surface area contributed by atoms with Crippen molar-refractivity contribution >= 4 is 11.9 Å². The van der Waals surface area contributed by atoms with Crippen molar-refractivity contribution in [1.82, 2.24) is 15.5 Å². The van der Waals surface area contributed by atoms with Crippen LogP contribution in [0, 0.1) is 5.41 Å². The molecular weight excluding hydrogens is 380 g/mol. The van der Waals surface area contributed by atoms with E-state index < -0.39 is 0 Å². The van der Waals surface area contributed by atoms with Gasteiger partial charge in [0.1, 0.15) is 0 Å². The lowest BCUT2D eigenvalue weighted by atomic mass is 9.84. The summed E-state index contributed by atoms with van der Waals surface area (Å²) in [7, 11) is 8.67. The standard InChI is InChI=1S/C23H36N4O3/c1-7-10-18-13-17(14-19(29-5)20(18)30-6)15-25-22(24-2)26-16-23(11-8-9-12-23)21(28)27(3)4/h7,13-14H,1,8-12,15-16H2,2-6H3,(H2,24,25,26). The number of carbonyl (C=O) groups excluding carboxylic acids is 1. The lowest BCUT2D eigenvalue weighted by Gasteiger charge is -2.31. The van der Waals surface area contributed by atoms with Crippen molar-refractivity contribution in [2.24, 2.45) is 10.4 Å². The van der Waals surface area contributed by atoms with Gasteiger partial charge in [-0.3, -0.25) is 9.79 Å². The summed E-state index contributed by atoms with van der Waals surface area (Å²) in [6.07, 6.45) is 6.53. The van der Waals surface area contributed by atoms with Gasteiger partial charge in [-0.15, -0.1) is 6.58 Å². The van der Waals surface area contributed by atoms with Crippen molar-refractivity contribution in [2.45, 2.75) is 38.6 Å². The van der Waals surface area contributed by atoms with E-state index in [4.69, 9.17) is 9.47 Å². The summed E-state index contributed by atoms with van der Waals surface area (Å²) in [6.45, 7) is 4.98. The Hall–Kier alpha value is -2.70. The molecule has 1 saturated carbocycles. The second-order valence-electron chi connectivity index (χ2n) is 7.95. The molecule has 0 aliphatic heterocycles. The van der Waals surface area contributed by atoms with E-state index in [1.54, 1.807) is 26.2 Å². The van der Waals surface area contributed by atoms with E-state index in [1.807, 2.05) is 26.2 Å². The van der Waals surface area contributed by atoms with Crippen molar-refractivity contribution in [2.75, 3.05) is 41.9 Å². The Balaban J connectivity index is 2.07. The molecule has 2 N–H and O–H groups in total. The fourth-order valence-corrected chi connectivity index (χ4v) is 4.17. The van der Waals surface area contributed by atoms with E-state index in [0.29, 0.717) is 31.2 Å². The molecule has 1 aromatic rings. The van der Waals surface area contributed by atoms with Crippen molar-refractivity contribution < 1.29 is 14.3 Å². The summed E-state index contributed by atoms with van der Waals surface area (Å²) in [5.41, 5.74) is 1.72. The van der Waals surface area contributed by atoms with Crippen molar-refractivity contribution in [3.8, 4) is 11.5 Å². The number of guanidine groups is 1. The molecule has 7 nitrogen and oxygen atoms in total. The van der Waals surface area contributed by atoms with E-state index in [2.05, 4.69) is 28.3 Å². The fraction of sp³-hybridized carbons (Fsp3) is 0.565. The van der Waals surface area contributed by atoms with Crippen molar-refractivity contribution in [1.29, 1.82) is 0 Å². The van der Waals surface area contributed by atoms with Gasteiger partial charge in [0, 0.05) is 39.8 Å². The quantitative estimate of drug-likeness (QED) is 0.368. The molecule has 1 amide bonds. The Kier molecular flexibility index (Phi) is 8.57. The van der Waals surface area contributed by atoms with Gasteiger partial charge >= 0.3 is 0 Å². The molecule has 0 atom stereocenters. The summed E-state index contributed by atoms with van der Waals surface area (Å²) in [4.78, 5) is 18.8. The second kappa shape index (κ2) is 10.9. The van der Waals surface area contributed by atoms with Gasteiger partial charge < -0.3 is 25.0 Å². The van der Waals surface area contributed by atoms with Crippen LogP contribution >= 0.6 is 0 Å². The molecule has 0 unspecified atom stereocenters. The molecule has 2 rings (SSSR count). The number of rotatable bonds is 9. The number of nitrogens with zero attached hydrogens (tertiary/aromatic N) is 2. The van der Waals surface area contributed by atoms with Crippen LogP contribution in [-0.4, -0.2) is 58.7 Å². The number of benzene rings is 1. The number of amides is 1. The van der Waals surface area contributed by atoms with E-state index in [0.717, 1.165) is 42.6 Å². The van der Waals surface area contributed by atoms with Gasteiger partial charge in [-0.1, -0.05) is 18.9 Å². The number of ether oxygens (including phenoxy) is 2. The third-order valence-electron chi connectivity index (χ3n) is 5.68. The molecule has 1 aliphatic rings. The monoisotopic (exact) mass is 416 g/mol. The Morgan fingerprint density at radius 3 is 2.47 bits per heavy atom. The molecule has 0 saturated heterocycles. The molecular formula is C23H36N4O3. The van der Waals surface area contributed by atoms with Crippen molar-refractivity contribution in [3.63, 3.8) is 0 Å². The molecule has 0 heterocycles. The van der Waals surface area contributed by atoms with Crippen LogP contribution in [0.5, 0.6) is 11.5 Å². The van der Waals surface area contributed by atoms with Crippen molar-refractivity contribution in [3.05, 3.63) is 35.9 Å². The molecule has 1 fully saturated rings. The summed E-state index contributed by atoms with van der Waals surface area (Å²) in [6, 6.07) is 4.04. The highest BCUT2D eigenvalue weighted by atomic mass is 16.5. The Morgan fingerprint density at radius 1 is 1.23 bits per heavy atom. The zero-order valence-corrected chi connectivity index (χ0v) is 19.0. The van der Waals surface area contributed by atoms with Gasteiger partial charge in [-0.2, -0.15) is 0 Å². The Labute approximate surface area is 180 Å². The largest absolute Gasteiger partial charge is 0.493 e. The summed E-state index contributed by atoms with van der Waals surface area (Å²) in [5.74, 6) is 2.29. The van der Waals surface area contributed by atoms with E-state index in [9.17, 15) is 4.79 Å². The van der Waals surface area contributed by atoms with Gasteiger partial charge in [0.25, 0.3) is 0 Å². The first-order valence-electron chi connectivity index (χ1n) is 10.4. The highest BCUT2D eigenvalue weighted by molar-refractivity contribution is 5.85. The predicted octanol–water partition coefficient (Wildman–Crippen LogP) is 2.75. The highest BCUT2D eigenvalue weighted by Crippen LogP contribution is 2.39. The van der Waals surface area contributed by atoms with Crippen LogP contribution in [0.3, 0.4) is 0 Å². The highest BCUT2D eigenvalue weighted by Gasteiger charge is 2.42. The van der Waals surface area contributed by atoms with Crippen LogP contribution in [0.15, 0.2) is 29.8 Å². The molecule has 7 heteroatoms. The fourth-order valence-electron chi connectivity index (χ4n) is 4.17. The SMILES string of the molecule is C=CCc1cc(CNC(=NC)NCC2(C(=O)N(C)C)CCCC2)cc(OC)c1OC. The molecule has 0 radical (unpaired) electrons. The molecule has 0 bridgehead atoms. The third-order valence-corrected chi connectivity index (χ3v) is 5.68. The van der Waals surface area contributed by atoms with Crippen LogP contribution in [0.1, 0.15) is 36.8 Å². The smallest absolute Gasteiger partial charge is 0.230 e. The van der Waals surface area contributed by atoms with Gasteiger partial charge in [-0.25, -0.2) is 0 Å². The van der Waals surface area contributed by atoms with Gasteiger partial charge in [0.05, 0.1) is 19.6 Å². The number of allylic oxidation sites excluding steroid dienone is 1. The zero-order valence-electron chi connectivity index (χ0n) is 19.0. The van der Waals surface area contributed by atoms with E-state index >= 15 is 0 Å². The normalized spacial score (nSPS) is 15.4. The number of nitrogens with one attached hydrogen (secondary N) is 2. The minimum absolute atomic E-state index is 0.192. The molecule has 166 valence electrons. The van der Waals surface area contributed by atoms with Crippen LogP contribution in [0.4, 0.5) is 0 Å². The first-order valence-corrected chi connectivity index (χ1v) is 10.4. The number of carbonyl (C=O) groups is 1. The lowest BCUT2D eigenvalue weighted by molar-refractivity contribution is -0.138. The number of methoxy groups -OCH3 is 2. The van der Waals surface area contributed by atoms with Crippen LogP contribution in [-0.2, 0) is 17.8 Å². The molecule has 30 heavy (non-hydrogen) atoms. The Bertz CT molecular complexity index is 768. The summed E-state index contributed by atoms with van der Waals surface area (Å²) >= 11 is 0. The van der Waals surface area contributed by atoms with Gasteiger partial charge in [-0.05, 0) is 37.0 Å². The van der Waals surface area contributed by atoms with Gasteiger partial charge in [0.15, 0.2) is 17.5 Å². The minimum atomic E-state index is -0.346. The number of aliphatic imine (C=N–C) groups is 1.